The molecule has 1 aromatic carbocycles. The molecule has 0 radical (unpaired) electrons. The zero-order chi connectivity index (χ0) is 16.4. The molecule has 2 aliphatic carbocycles. The molecule has 134 valence electrons. The van der Waals surface area contributed by atoms with E-state index in [9.17, 15) is 4.79 Å². The lowest BCUT2D eigenvalue weighted by Gasteiger charge is -2.45. The number of hydrogen-bond donors (Lipinski definition) is 2. The molecule has 0 aliphatic heterocycles. The quantitative estimate of drug-likeness (QED) is 0.850. The number of amides is 1. The summed E-state index contributed by atoms with van der Waals surface area (Å²) in [5, 5.41) is 3.87. The topological polar surface area (TPSA) is 64.3 Å². The Morgan fingerprint density at radius 1 is 1.33 bits per heavy atom. The summed E-state index contributed by atoms with van der Waals surface area (Å²) in [6, 6.07) is 5.98. The van der Waals surface area contributed by atoms with Gasteiger partial charge in [0.05, 0.1) is 0 Å². The summed E-state index contributed by atoms with van der Waals surface area (Å²) in [6.07, 6.45) is 5.66. The molecular formula is C18H26Cl2N2O2. The standard InChI is InChI=1S/C18H25ClN2O2.ClH/c1-11-7-14(19)5-6-16(11)23-10-17(22)21-18-12-3-2-4-13(18)9-15(20)8-12;/h5-7,12-13,15,18H,2-4,8-10,20H2,1H3,(H,21,22);1H. The van der Waals surface area contributed by atoms with Gasteiger partial charge in [0.15, 0.2) is 6.61 Å². The molecule has 0 saturated heterocycles. The average molecular weight is 373 g/mol. The summed E-state index contributed by atoms with van der Waals surface area (Å²) in [5.41, 5.74) is 7.07. The van der Waals surface area contributed by atoms with Crippen LogP contribution < -0.4 is 15.8 Å². The van der Waals surface area contributed by atoms with Gasteiger partial charge in [0.25, 0.3) is 5.91 Å². The number of nitrogens with two attached hydrogens (primary N) is 1. The maximum absolute atomic E-state index is 12.3. The smallest absolute Gasteiger partial charge is 0.258 e. The minimum absolute atomic E-state index is 0. The highest BCUT2D eigenvalue weighted by Gasteiger charge is 2.39. The molecule has 4 nitrogen and oxygen atoms in total. The lowest BCUT2D eigenvalue weighted by molar-refractivity contribution is -0.125. The van der Waals surface area contributed by atoms with E-state index in [1.165, 1.54) is 19.3 Å². The van der Waals surface area contributed by atoms with Crippen LogP contribution in [-0.2, 0) is 4.79 Å². The molecule has 2 saturated carbocycles. The van der Waals surface area contributed by atoms with Crippen molar-refractivity contribution in [3.63, 3.8) is 0 Å². The Morgan fingerprint density at radius 3 is 2.62 bits per heavy atom. The molecule has 0 heterocycles. The lowest BCUT2D eigenvalue weighted by atomic mass is 9.67. The van der Waals surface area contributed by atoms with Gasteiger partial charge >= 0.3 is 0 Å². The second kappa shape index (κ2) is 8.41. The first kappa shape index (κ1) is 19.4. The van der Waals surface area contributed by atoms with Gasteiger partial charge in [0, 0.05) is 17.1 Å². The summed E-state index contributed by atoms with van der Waals surface area (Å²) < 4.78 is 5.64. The summed E-state index contributed by atoms with van der Waals surface area (Å²) in [4.78, 5) is 12.3. The molecule has 1 amide bonds. The molecular weight excluding hydrogens is 347 g/mol. The zero-order valence-electron chi connectivity index (χ0n) is 14.0. The van der Waals surface area contributed by atoms with Crippen LogP contribution in [0.1, 0.15) is 37.7 Å². The fraction of sp³-hybridized carbons (Fsp3) is 0.611. The van der Waals surface area contributed by atoms with E-state index in [1.807, 2.05) is 13.0 Å². The zero-order valence-corrected chi connectivity index (χ0v) is 15.5. The van der Waals surface area contributed by atoms with E-state index in [-0.39, 0.29) is 31.0 Å². The molecule has 2 atom stereocenters. The largest absolute Gasteiger partial charge is 0.484 e. The molecule has 2 unspecified atom stereocenters. The monoisotopic (exact) mass is 372 g/mol. The maximum Gasteiger partial charge on any atom is 0.258 e. The molecule has 3 N–H and O–H groups in total. The minimum atomic E-state index is -0.0447. The van der Waals surface area contributed by atoms with Crippen molar-refractivity contribution in [1.29, 1.82) is 0 Å². The molecule has 2 fully saturated rings. The van der Waals surface area contributed by atoms with Crippen molar-refractivity contribution in [2.75, 3.05) is 6.61 Å². The van der Waals surface area contributed by atoms with Crippen molar-refractivity contribution < 1.29 is 9.53 Å². The first-order valence-corrected chi connectivity index (χ1v) is 8.84. The molecule has 0 spiro atoms. The maximum atomic E-state index is 12.3. The lowest BCUT2D eigenvalue weighted by Crippen LogP contribution is -2.54. The van der Waals surface area contributed by atoms with Crippen molar-refractivity contribution in [3.8, 4) is 5.75 Å². The Balaban J connectivity index is 0.00000208. The first-order valence-electron chi connectivity index (χ1n) is 8.47. The SMILES string of the molecule is Cc1cc(Cl)ccc1OCC(=O)NC1C2CCCC1CC(N)C2.Cl. The number of nitrogens with one attached hydrogen (secondary N) is 1. The van der Waals surface area contributed by atoms with E-state index in [4.69, 9.17) is 22.1 Å². The van der Waals surface area contributed by atoms with Crippen LogP contribution in [-0.4, -0.2) is 24.6 Å². The van der Waals surface area contributed by atoms with Crippen molar-refractivity contribution in [1.82, 2.24) is 5.32 Å². The van der Waals surface area contributed by atoms with E-state index in [0.29, 0.717) is 28.6 Å². The highest BCUT2D eigenvalue weighted by molar-refractivity contribution is 6.30. The van der Waals surface area contributed by atoms with Crippen LogP contribution in [0.25, 0.3) is 0 Å². The number of carbonyl (C=O) groups is 1. The molecule has 2 aliphatic rings. The number of ether oxygens (including phenoxy) is 1. The number of rotatable bonds is 4. The van der Waals surface area contributed by atoms with Crippen LogP contribution in [0.3, 0.4) is 0 Å². The van der Waals surface area contributed by atoms with Crippen molar-refractivity contribution >= 4 is 29.9 Å². The summed E-state index contributed by atoms with van der Waals surface area (Å²) >= 11 is 5.93. The van der Waals surface area contributed by atoms with E-state index < -0.39 is 0 Å². The number of halogens is 2. The van der Waals surface area contributed by atoms with Crippen LogP contribution in [0, 0.1) is 18.8 Å². The van der Waals surface area contributed by atoms with E-state index in [0.717, 1.165) is 18.4 Å². The van der Waals surface area contributed by atoms with Gasteiger partial charge in [-0.2, -0.15) is 0 Å². The fourth-order valence-corrected chi connectivity index (χ4v) is 4.40. The molecule has 1 aromatic rings. The Morgan fingerprint density at radius 2 is 2.00 bits per heavy atom. The van der Waals surface area contributed by atoms with Crippen LogP contribution >= 0.6 is 24.0 Å². The first-order chi connectivity index (χ1) is 11.0. The van der Waals surface area contributed by atoms with Gasteiger partial charge < -0.3 is 15.8 Å². The third-order valence-electron chi connectivity index (χ3n) is 5.20. The molecule has 6 heteroatoms. The van der Waals surface area contributed by atoms with Gasteiger partial charge in [-0.3, -0.25) is 4.79 Å². The number of carbonyl (C=O) groups excluding carboxylic acids is 1. The van der Waals surface area contributed by atoms with Crippen molar-refractivity contribution in [3.05, 3.63) is 28.8 Å². The Hall–Kier alpha value is -0.970. The van der Waals surface area contributed by atoms with Crippen molar-refractivity contribution in [2.24, 2.45) is 17.6 Å². The normalized spacial score (nSPS) is 28.6. The predicted octanol–water partition coefficient (Wildman–Crippen LogP) is 3.47. The highest BCUT2D eigenvalue weighted by Crippen LogP contribution is 2.39. The summed E-state index contributed by atoms with van der Waals surface area (Å²) in [5.74, 6) is 1.71. The number of fused-ring (bicyclic) bond motifs is 2. The molecule has 2 bridgehead atoms. The fourth-order valence-electron chi connectivity index (χ4n) is 4.17. The number of hydrogen-bond acceptors (Lipinski definition) is 3. The van der Waals surface area contributed by atoms with Gasteiger partial charge in [0.1, 0.15) is 5.75 Å². The van der Waals surface area contributed by atoms with Gasteiger partial charge in [-0.25, -0.2) is 0 Å². The van der Waals surface area contributed by atoms with Crippen LogP contribution in [0.4, 0.5) is 0 Å². The Kier molecular flexibility index (Phi) is 6.79. The molecule has 0 aromatic heterocycles. The minimum Gasteiger partial charge on any atom is -0.484 e. The molecule has 24 heavy (non-hydrogen) atoms. The van der Waals surface area contributed by atoms with E-state index in [1.54, 1.807) is 12.1 Å². The highest BCUT2D eigenvalue weighted by atomic mass is 35.5. The van der Waals surface area contributed by atoms with E-state index >= 15 is 0 Å². The second-order valence-electron chi connectivity index (χ2n) is 6.97. The van der Waals surface area contributed by atoms with Crippen LogP contribution in [0.15, 0.2) is 18.2 Å². The third-order valence-corrected chi connectivity index (χ3v) is 5.44. The van der Waals surface area contributed by atoms with Gasteiger partial charge in [0.2, 0.25) is 0 Å². The summed E-state index contributed by atoms with van der Waals surface area (Å²) in [6.45, 7) is 1.97. The van der Waals surface area contributed by atoms with Gasteiger partial charge in [-0.1, -0.05) is 18.0 Å². The third kappa shape index (κ3) is 4.56. The Bertz CT molecular complexity index is 568. The summed E-state index contributed by atoms with van der Waals surface area (Å²) in [7, 11) is 0. The number of aryl methyl sites for hydroxylation is 1. The second-order valence-corrected chi connectivity index (χ2v) is 7.41. The van der Waals surface area contributed by atoms with Gasteiger partial charge in [-0.15, -0.1) is 12.4 Å². The average Bonchev–Trinajstić information content (AvgIpc) is 2.47. The van der Waals surface area contributed by atoms with Crippen LogP contribution in [0.2, 0.25) is 5.02 Å². The van der Waals surface area contributed by atoms with Gasteiger partial charge in [-0.05, 0) is 68.2 Å². The van der Waals surface area contributed by atoms with E-state index in [2.05, 4.69) is 5.32 Å². The van der Waals surface area contributed by atoms with Crippen LogP contribution in [0.5, 0.6) is 5.75 Å². The number of benzene rings is 1. The van der Waals surface area contributed by atoms with Crippen molar-refractivity contribution in [2.45, 2.75) is 51.1 Å². The predicted molar refractivity (Wildman–Crippen MR) is 98.9 cm³/mol. The molecule has 3 rings (SSSR count). The Labute approximate surface area is 154 Å².